The van der Waals surface area contributed by atoms with E-state index in [1.807, 2.05) is 312 Å². The SMILES string of the molecule is Cc1ccc(-c2ccccc2)nc1.Cc1ccc(-c2ccccn2)cn1.Cc1ccc(-c2ccccn2)nc1.Cc1ccc(-c2cccnc2)cn1.Cc1ccc(-c2cccnc2)nc1.Cc1ccc(-c2ccncc2)cn1.Cc1ccc(-c2ccncc2)nc1.Cc1ncc(-c2ccccc2)cn1. The number of hydrogen-bond donors (Lipinski definition) is 0. The van der Waals surface area contributed by atoms with Gasteiger partial charge in [-0.2, -0.15) is 0 Å². The fraction of sp³-hybridized carbons (Fsp3) is 0.0899. The van der Waals surface area contributed by atoms with Crippen LogP contribution in [0.3, 0.4) is 0 Å². The van der Waals surface area contributed by atoms with Crippen molar-refractivity contribution in [2.45, 2.75) is 55.4 Å². The fourth-order valence-electron chi connectivity index (χ4n) is 9.38. The lowest BCUT2D eigenvalue weighted by molar-refractivity contribution is 1.06. The third kappa shape index (κ3) is 25.6. The van der Waals surface area contributed by atoms with Crippen molar-refractivity contribution in [2.24, 2.45) is 0 Å². The number of aromatic nitrogens is 15. The molecule has 0 aliphatic heterocycles. The molecule has 0 aliphatic carbocycles. The summed E-state index contributed by atoms with van der Waals surface area (Å²) in [6.07, 6.45) is 34.6. The molecule has 0 N–H and O–H groups in total. The molecule has 0 saturated carbocycles. The molecule has 0 saturated heterocycles. The molecule has 0 bridgehead atoms. The van der Waals surface area contributed by atoms with Crippen molar-refractivity contribution in [1.82, 2.24) is 74.8 Å². The smallest absolute Gasteiger partial charge is 0.125 e. The van der Waals surface area contributed by atoms with E-state index in [4.69, 9.17) is 0 Å². The monoisotopic (exact) mass is 1360 g/mol. The molecule has 104 heavy (non-hydrogen) atoms. The van der Waals surface area contributed by atoms with E-state index < -0.39 is 0 Å². The predicted molar refractivity (Wildman–Crippen MR) is 420 cm³/mol. The average molecular weight is 1360 g/mol. The van der Waals surface area contributed by atoms with E-state index in [0.29, 0.717) is 0 Å². The van der Waals surface area contributed by atoms with Gasteiger partial charge in [-0.25, -0.2) is 9.97 Å². The number of aryl methyl sites for hydroxylation is 8. The fourth-order valence-corrected chi connectivity index (χ4v) is 9.38. The minimum absolute atomic E-state index is 0.805. The zero-order valence-electron chi connectivity index (χ0n) is 59.6. The number of pyridine rings is 13. The second-order valence-electron chi connectivity index (χ2n) is 23.6. The highest BCUT2D eigenvalue weighted by Crippen LogP contribution is 2.22. The van der Waals surface area contributed by atoms with Crippen LogP contribution in [0.1, 0.15) is 45.2 Å². The molecular formula is C89H81N15. The minimum Gasteiger partial charge on any atom is -0.265 e. The molecule has 15 heteroatoms. The van der Waals surface area contributed by atoms with E-state index in [0.717, 1.165) is 107 Å². The van der Waals surface area contributed by atoms with E-state index >= 15 is 0 Å². The molecule has 16 rings (SSSR count). The van der Waals surface area contributed by atoms with Crippen molar-refractivity contribution in [3.8, 4) is 89.8 Å². The topological polar surface area (TPSA) is 193 Å². The van der Waals surface area contributed by atoms with Gasteiger partial charge in [0.15, 0.2) is 0 Å². The molecule has 14 heterocycles. The van der Waals surface area contributed by atoms with Gasteiger partial charge in [-0.15, -0.1) is 0 Å². The maximum absolute atomic E-state index is 4.35. The van der Waals surface area contributed by atoms with E-state index in [2.05, 4.69) is 117 Å². The summed E-state index contributed by atoms with van der Waals surface area (Å²) < 4.78 is 0. The Hall–Kier alpha value is -13.5. The number of nitrogens with zero attached hydrogens (tertiary/aromatic N) is 15. The van der Waals surface area contributed by atoms with Crippen LogP contribution in [0.2, 0.25) is 0 Å². The average Bonchev–Trinajstić information content (AvgIpc) is 0.972. The van der Waals surface area contributed by atoms with Crippen LogP contribution >= 0.6 is 0 Å². The van der Waals surface area contributed by atoms with E-state index in [1.54, 1.807) is 49.6 Å². The van der Waals surface area contributed by atoms with E-state index in [9.17, 15) is 0 Å². The molecule has 2 aromatic carbocycles. The molecule has 0 spiro atoms. The zero-order valence-corrected chi connectivity index (χ0v) is 59.6. The van der Waals surface area contributed by atoms with Crippen LogP contribution in [0.15, 0.2) is 348 Å². The van der Waals surface area contributed by atoms with Crippen LogP contribution in [0.5, 0.6) is 0 Å². The van der Waals surface area contributed by atoms with Gasteiger partial charge < -0.3 is 0 Å². The molecule has 15 nitrogen and oxygen atoms in total. The first-order chi connectivity index (χ1) is 50.9. The zero-order chi connectivity index (χ0) is 72.8. The molecule has 0 unspecified atom stereocenters. The van der Waals surface area contributed by atoms with Crippen LogP contribution in [-0.4, -0.2) is 74.8 Å². The maximum Gasteiger partial charge on any atom is 0.125 e. The summed E-state index contributed by atoms with van der Waals surface area (Å²) >= 11 is 0. The van der Waals surface area contributed by atoms with Gasteiger partial charge >= 0.3 is 0 Å². The molecule has 0 aliphatic rings. The van der Waals surface area contributed by atoms with Crippen molar-refractivity contribution in [3.63, 3.8) is 0 Å². The third-order valence-corrected chi connectivity index (χ3v) is 15.2. The van der Waals surface area contributed by atoms with Crippen molar-refractivity contribution in [3.05, 3.63) is 393 Å². The second-order valence-corrected chi connectivity index (χ2v) is 23.6. The third-order valence-electron chi connectivity index (χ3n) is 15.2. The van der Waals surface area contributed by atoms with Gasteiger partial charge in [0.05, 0.1) is 34.2 Å². The Kier molecular flexibility index (Phi) is 29.5. The molecule has 16 aromatic rings. The number of rotatable bonds is 8. The van der Waals surface area contributed by atoms with Crippen LogP contribution in [-0.2, 0) is 0 Å². The lowest BCUT2D eigenvalue weighted by Crippen LogP contribution is -1.86. The van der Waals surface area contributed by atoms with Crippen LogP contribution in [0.4, 0.5) is 0 Å². The summed E-state index contributed by atoms with van der Waals surface area (Å²) in [5.41, 5.74) is 24.7. The van der Waals surface area contributed by atoms with Crippen LogP contribution in [0, 0.1) is 55.4 Å². The first-order valence-corrected chi connectivity index (χ1v) is 33.7. The van der Waals surface area contributed by atoms with Gasteiger partial charge in [-0.1, -0.05) is 115 Å². The van der Waals surface area contributed by atoms with Gasteiger partial charge in [-0.05, 0) is 204 Å². The Bertz CT molecular complexity index is 4000. The summed E-state index contributed by atoms with van der Waals surface area (Å²) in [7, 11) is 0. The molecule has 0 radical (unpaired) electrons. The van der Waals surface area contributed by atoms with Crippen LogP contribution in [0.25, 0.3) is 89.8 Å². The Morgan fingerprint density at radius 1 is 0.154 bits per heavy atom. The highest BCUT2D eigenvalue weighted by Gasteiger charge is 2.03. The molecule has 14 aromatic heterocycles. The first kappa shape index (κ1) is 74.7. The number of hydrogen-bond acceptors (Lipinski definition) is 15. The summed E-state index contributed by atoms with van der Waals surface area (Å²) in [5, 5.41) is 0. The normalized spacial score (nSPS) is 9.92. The predicted octanol–water partition coefficient (Wildman–Crippen LogP) is 20.2. The highest BCUT2D eigenvalue weighted by molar-refractivity contribution is 5.64. The van der Waals surface area contributed by atoms with Crippen molar-refractivity contribution < 1.29 is 0 Å². The van der Waals surface area contributed by atoms with Gasteiger partial charge in [-0.3, -0.25) is 64.8 Å². The van der Waals surface area contributed by atoms with E-state index in [1.165, 1.54) is 27.8 Å². The summed E-state index contributed by atoms with van der Waals surface area (Å²) in [4.78, 5) is 62.7. The Labute approximate surface area is 610 Å². The maximum atomic E-state index is 4.35. The lowest BCUT2D eigenvalue weighted by atomic mass is 10.1. The quantitative estimate of drug-likeness (QED) is 0.139. The van der Waals surface area contributed by atoms with Gasteiger partial charge in [0, 0.05) is 179 Å². The van der Waals surface area contributed by atoms with Crippen molar-refractivity contribution >= 4 is 0 Å². The van der Waals surface area contributed by atoms with Gasteiger partial charge in [0.25, 0.3) is 0 Å². The van der Waals surface area contributed by atoms with Gasteiger partial charge in [0.1, 0.15) is 5.82 Å². The molecular weight excluding hydrogens is 1280 g/mol. The summed E-state index contributed by atoms with van der Waals surface area (Å²) in [6, 6.07) is 76.2. The lowest BCUT2D eigenvalue weighted by Gasteiger charge is -1.99. The highest BCUT2D eigenvalue weighted by atomic mass is 14.8. The molecule has 512 valence electrons. The molecule has 0 atom stereocenters. The standard InChI is InChI=1S/C12H11N.7C11H10N2/c1-10-7-8-12(13-9-10)11-5-3-2-4-6-11;1-9-2-3-11(8-13-9)10-4-6-12-7-5-10;1-9-2-3-11(13-8-9)10-4-6-12-7-5-10;1-9-4-5-11(8-13-9)10-3-2-6-12-7-10;1-9-4-5-11(13-7-9)10-3-2-6-12-8-10;1-9-5-6-10(8-13-9)11-4-2-3-7-12-11;1-9-5-6-11(13-8-9)10-4-2-3-7-12-10;1-9-12-7-11(8-13-9)10-5-3-2-4-6-10/h2-9H,1H3;7*2-8H,1H3. The number of benzene rings is 2. The van der Waals surface area contributed by atoms with Gasteiger partial charge in [0.2, 0.25) is 0 Å². The Morgan fingerprint density at radius 2 is 0.471 bits per heavy atom. The van der Waals surface area contributed by atoms with E-state index in [-0.39, 0.29) is 0 Å². The summed E-state index contributed by atoms with van der Waals surface area (Å²) in [6.45, 7) is 15.9. The minimum atomic E-state index is 0.805. The van der Waals surface area contributed by atoms with Crippen molar-refractivity contribution in [2.75, 3.05) is 0 Å². The molecule has 0 amide bonds. The molecule has 0 fully saturated rings. The Balaban J connectivity index is 0.000000138. The first-order valence-electron chi connectivity index (χ1n) is 33.7. The summed E-state index contributed by atoms with van der Waals surface area (Å²) in [5.74, 6) is 0.805. The van der Waals surface area contributed by atoms with Crippen LogP contribution < -0.4 is 0 Å². The van der Waals surface area contributed by atoms with Crippen molar-refractivity contribution in [1.29, 1.82) is 0 Å². The largest absolute Gasteiger partial charge is 0.265 e. The Morgan fingerprint density at radius 3 is 0.875 bits per heavy atom. The second kappa shape index (κ2) is 41.1.